The van der Waals surface area contributed by atoms with E-state index in [9.17, 15) is 13.2 Å². The number of benzene rings is 4. The molecule has 0 aliphatic carbocycles. The molecule has 0 aliphatic heterocycles. The summed E-state index contributed by atoms with van der Waals surface area (Å²) in [6.45, 7) is -0.136. The number of ether oxygens (including phenoxy) is 2. The van der Waals surface area contributed by atoms with Gasteiger partial charge >= 0.3 is 0 Å². The first-order valence-electron chi connectivity index (χ1n) is 11.4. The molecule has 0 unspecified atom stereocenters. The second-order valence-corrected chi connectivity index (χ2v) is 11.1. The van der Waals surface area contributed by atoms with E-state index in [2.05, 4.69) is 5.32 Å². The average Bonchev–Trinajstić information content (AvgIpc) is 2.89. The molecule has 0 atom stereocenters. The number of hydrogen-bond acceptors (Lipinski definition) is 5. The van der Waals surface area contributed by atoms with Gasteiger partial charge in [-0.25, -0.2) is 8.42 Å². The summed E-state index contributed by atoms with van der Waals surface area (Å²) in [4.78, 5) is 12.6. The summed E-state index contributed by atoms with van der Waals surface area (Å²) in [5.74, 6) is 1.02. The molecule has 4 aromatic rings. The van der Waals surface area contributed by atoms with Gasteiger partial charge in [0.2, 0.25) is 10.0 Å². The zero-order valence-corrected chi connectivity index (χ0v) is 22.6. The Balaban J connectivity index is 1.39. The third-order valence-electron chi connectivity index (χ3n) is 5.32. The minimum absolute atomic E-state index is 0.144. The predicted octanol–water partition coefficient (Wildman–Crippen LogP) is 6.77. The van der Waals surface area contributed by atoms with Gasteiger partial charge in [0.1, 0.15) is 11.5 Å². The zero-order valence-electron chi connectivity index (χ0n) is 20.3. The average molecular weight is 571 g/mol. The predicted molar refractivity (Wildman–Crippen MR) is 151 cm³/mol. The Kier molecular flexibility index (Phi) is 8.78. The lowest BCUT2D eigenvalue weighted by Crippen LogP contribution is -2.29. The molecule has 0 saturated carbocycles. The normalized spacial score (nSPS) is 11.0. The van der Waals surface area contributed by atoms with Crippen molar-refractivity contribution < 1.29 is 22.7 Å². The lowest BCUT2D eigenvalue weighted by Gasteiger charge is -2.23. The number of nitrogens with zero attached hydrogens (tertiary/aromatic N) is 1. The molecular formula is C28H24Cl2N2O5S. The van der Waals surface area contributed by atoms with Crippen molar-refractivity contribution in [3.05, 3.63) is 113 Å². The molecule has 4 rings (SSSR count). The van der Waals surface area contributed by atoms with Crippen LogP contribution in [0.15, 0.2) is 97.1 Å². The van der Waals surface area contributed by atoms with Crippen LogP contribution in [-0.4, -0.2) is 27.2 Å². The standard InChI is InChI=1S/C28H24Cl2N2O5S/c1-38(34,35)32(18-20-7-9-21(29)10-8-20)23-12-14-24(15-13-23)36-19-28(33)31-26-17-22(30)11-16-27(26)37-25-5-3-2-4-6-25/h2-17H,18-19H2,1H3,(H,31,33). The van der Waals surface area contributed by atoms with Gasteiger partial charge in [-0.3, -0.25) is 9.10 Å². The minimum Gasteiger partial charge on any atom is -0.484 e. The molecule has 1 N–H and O–H groups in total. The van der Waals surface area contributed by atoms with Crippen LogP contribution >= 0.6 is 23.2 Å². The molecule has 1 amide bonds. The highest BCUT2D eigenvalue weighted by atomic mass is 35.5. The highest BCUT2D eigenvalue weighted by molar-refractivity contribution is 7.92. The molecule has 0 radical (unpaired) electrons. The summed E-state index contributed by atoms with van der Waals surface area (Å²) in [5.41, 5.74) is 1.64. The largest absolute Gasteiger partial charge is 0.484 e. The molecule has 0 heterocycles. The zero-order chi connectivity index (χ0) is 27.1. The number of para-hydroxylation sites is 1. The van der Waals surface area contributed by atoms with E-state index in [1.165, 1.54) is 4.31 Å². The van der Waals surface area contributed by atoms with Crippen molar-refractivity contribution in [2.45, 2.75) is 6.54 Å². The maximum absolute atomic E-state index is 12.6. The van der Waals surface area contributed by atoms with Gasteiger partial charge in [0.15, 0.2) is 12.4 Å². The van der Waals surface area contributed by atoms with Crippen molar-refractivity contribution in [1.29, 1.82) is 0 Å². The summed E-state index contributed by atoms with van der Waals surface area (Å²) in [6, 6.07) is 27.5. The third kappa shape index (κ3) is 7.64. The summed E-state index contributed by atoms with van der Waals surface area (Å²) < 4.78 is 37.6. The van der Waals surface area contributed by atoms with E-state index in [1.54, 1.807) is 78.9 Å². The summed E-state index contributed by atoms with van der Waals surface area (Å²) in [7, 11) is -3.56. The van der Waals surface area contributed by atoms with Gasteiger partial charge in [-0.15, -0.1) is 0 Å². The molecule has 7 nitrogen and oxygen atoms in total. The van der Waals surface area contributed by atoms with Gasteiger partial charge in [0.05, 0.1) is 24.2 Å². The molecule has 0 aliphatic rings. The topological polar surface area (TPSA) is 84.9 Å². The molecule has 0 spiro atoms. The van der Waals surface area contributed by atoms with Crippen LogP contribution in [0.2, 0.25) is 10.0 Å². The highest BCUT2D eigenvalue weighted by Gasteiger charge is 2.18. The van der Waals surface area contributed by atoms with Gasteiger partial charge in [0, 0.05) is 10.0 Å². The lowest BCUT2D eigenvalue weighted by atomic mass is 10.2. The fourth-order valence-electron chi connectivity index (χ4n) is 3.50. The van der Waals surface area contributed by atoms with E-state index in [1.807, 2.05) is 18.2 Å². The van der Waals surface area contributed by atoms with E-state index in [0.717, 1.165) is 11.8 Å². The number of anilines is 2. The van der Waals surface area contributed by atoms with Crippen LogP contribution < -0.4 is 19.1 Å². The molecule has 0 bridgehead atoms. The smallest absolute Gasteiger partial charge is 0.262 e. The lowest BCUT2D eigenvalue weighted by molar-refractivity contribution is -0.118. The van der Waals surface area contributed by atoms with Crippen LogP contribution in [0.25, 0.3) is 0 Å². The molecular weight excluding hydrogens is 547 g/mol. The van der Waals surface area contributed by atoms with Crippen molar-refractivity contribution in [1.82, 2.24) is 0 Å². The Labute approximate surface area is 231 Å². The Bertz CT molecular complexity index is 1500. The molecule has 38 heavy (non-hydrogen) atoms. The van der Waals surface area contributed by atoms with Crippen LogP contribution in [0.1, 0.15) is 5.56 Å². The number of sulfonamides is 1. The number of halogens is 2. The van der Waals surface area contributed by atoms with Crippen LogP contribution in [-0.2, 0) is 21.4 Å². The van der Waals surface area contributed by atoms with E-state index in [0.29, 0.717) is 38.7 Å². The van der Waals surface area contributed by atoms with Crippen molar-refractivity contribution in [2.24, 2.45) is 0 Å². The Morgan fingerprint density at radius 1 is 0.842 bits per heavy atom. The molecule has 0 aromatic heterocycles. The van der Waals surface area contributed by atoms with Crippen molar-refractivity contribution >= 4 is 50.5 Å². The number of hydrogen-bond donors (Lipinski definition) is 1. The van der Waals surface area contributed by atoms with E-state index < -0.39 is 15.9 Å². The van der Waals surface area contributed by atoms with Gasteiger partial charge < -0.3 is 14.8 Å². The Morgan fingerprint density at radius 2 is 1.50 bits per heavy atom. The minimum atomic E-state index is -3.56. The fourth-order valence-corrected chi connectivity index (χ4v) is 4.69. The van der Waals surface area contributed by atoms with Gasteiger partial charge in [-0.1, -0.05) is 53.5 Å². The molecule has 0 saturated heterocycles. The number of nitrogens with one attached hydrogen (secondary N) is 1. The highest BCUT2D eigenvalue weighted by Crippen LogP contribution is 2.32. The molecule has 0 fully saturated rings. The van der Waals surface area contributed by atoms with E-state index >= 15 is 0 Å². The molecule has 10 heteroatoms. The van der Waals surface area contributed by atoms with Gasteiger partial charge in [-0.2, -0.15) is 0 Å². The Morgan fingerprint density at radius 3 is 2.16 bits per heavy atom. The second kappa shape index (κ2) is 12.2. The summed E-state index contributed by atoms with van der Waals surface area (Å²) in [6.07, 6.45) is 1.14. The summed E-state index contributed by atoms with van der Waals surface area (Å²) in [5, 5.41) is 3.76. The van der Waals surface area contributed by atoms with Crippen molar-refractivity contribution in [2.75, 3.05) is 22.5 Å². The first-order chi connectivity index (χ1) is 18.2. The van der Waals surface area contributed by atoms with E-state index in [4.69, 9.17) is 32.7 Å². The van der Waals surface area contributed by atoms with Gasteiger partial charge in [-0.05, 0) is 72.3 Å². The monoisotopic (exact) mass is 570 g/mol. The Hall–Kier alpha value is -3.72. The van der Waals surface area contributed by atoms with E-state index in [-0.39, 0.29) is 13.2 Å². The van der Waals surface area contributed by atoms with Crippen LogP contribution in [0, 0.1) is 0 Å². The maximum Gasteiger partial charge on any atom is 0.262 e. The van der Waals surface area contributed by atoms with Crippen molar-refractivity contribution in [3.8, 4) is 17.2 Å². The van der Waals surface area contributed by atoms with Crippen molar-refractivity contribution in [3.63, 3.8) is 0 Å². The SMILES string of the molecule is CS(=O)(=O)N(Cc1ccc(Cl)cc1)c1ccc(OCC(=O)Nc2cc(Cl)ccc2Oc2ccccc2)cc1. The van der Waals surface area contributed by atoms with Crippen LogP contribution in [0.5, 0.6) is 17.2 Å². The summed E-state index contributed by atoms with van der Waals surface area (Å²) >= 11 is 12.0. The first kappa shape index (κ1) is 27.3. The molecule has 196 valence electrons. The number of carbonyl (C=O) groups excluding carboxylic acids is 1. The number of rotatable bonds is 10. The maximum atomic E-state index is 12.6. The quantitative estimate of drug-likeness (QED) is 0.227. The number of amides is 1. The fraction of sp³-hybridized carbons (Fsp3) is 0.107. The first-order valence-corrected chi connectivity index (χ1v) is 14.0. The van der Waals surface area contributed by atoms with Crippen LogP contribution in [0.4, 0.5) is 11.4 Å². The molecule has 4 aromatic carbocycles. The second-order valence-electron chi connectivity index (χ2n) is 8.28. The third-order valence-corrected chi connectivity index (χ3v) is 6.95. The van der Waals surface area contributed by atoms with Gasteiger partial charge in [0.25, 0.3) is 5.91 Å². The number of carbonyl (C=O) groups is 1. The van der Waals surface area contributed by atoms with Crippen LogP contribution in [0.3, 0.4) is 0 Å².